The fraction of sp³-hybridized carbons (Fsp3) is 0.143. The van der Waals surface area contributed by atoms with Gasteiger partial charge in [0.1, 0.15) is 0 Å². The van der Waals surface area contributed by atoms with Crippen LogP contribution in [0, 0.1) is 0 Å². The lowest BCUT2D eigenvalue weighted by Gasteiger charge is -2.06. The molecule has 2 aromatic carbocycles. The first-order chi connectivity index (χ1) is 9.42. The summed E-state index contributed by atoms with van der Waals surface area (Å²) in [5.74, 6) is -0.845. The standard InChI is InChI=1S/C14H14O4S2/c15-19(16,13-7-3-1-4-8-13)11-12-20(17,18)14-9-5-2-6-10-14/h1-10H,11-12H2. The van der Waals surface area contributed by atoms with Gasteiger partial charge in [0.2, 0.25) is 0 Å². The van der Waals surface area contributed by atoms with Crippen molar-refractivity contribution >= 4 is 19.7 Å². The summed E-state index contributed by atoms with van der Waals surface area (Å²) < 4.78 is 48.2. The third-order valence-electron chi connectivity index (χ3n) is 2.83. The second-order valence-electron chi connectivity index (χ2n) is 4.26. The van der Waals surface area contributed by atoms with Crippen LogP contribution in [0.3, 0.4) is 0 Å². The molecule has 0 fully saturated rings. The lowest BCUT2D eigenvalue weighted by atomic mass is 10.4. The van der Waals surface area contributed by atoms with Crippen molar-refractivity contribution in [1.82, 2.24) is 0 Å². The van der Waals surface area contributed by atoms with E-state index >= 15 is 0 Å². The molecule has 0 atom stereocenters. The van der Waals surface area contributed by atoms with Crippen LogP contribution in [0.2, 0.25) is 0 Å². The maximum absolute atomic E-state index is 12.0. The van der Waals surface area contributed by atoms with E-state index < -0.39 is 31.2 Å². The van der Waals surface area contributed by atoms with Gasteiger partial charge in [0.15, 0.2) is 19.7 Å². The van der Waals surface area contributed by atoms with Crippen LogP contribution < -0.4 is 0 Å². The minimum absolute atomic E-state index is 0.142. The number of sulfone groups is 2. The van der Waals surface area contributed by atoms with Crippen molar-refractivity contribution in [2.45, 2.75) is 9.79 Å². The van der Waals surface area contributed by atoms with Crippen LogP contribution in [0.15, 0.2) is 70.5 Å². The molecule has 0 saturated heterocycles. The number of hydrogen-bond acceptors (Lipinski definition) is 4. The third-order valence-corrected chi connectivity index (χ3v) is 6.55. The molecule has 4 nitrogen and oxygen atoms in total. The normalized spacial score (nSPS) is 12.2. The van der Waals surface area contributed by atoms with Gasteiger partial charge in [-0.05, 0) is 24.3 Å². The molecular formula is C14H14O4S2. The highest BCUT2D eigenvalue weighted by atomic mass is 32.2. The summed E-state index contributed by atoms with van der Waals surface area (Å²) in [6.45, 7) is 0. The van der Waals surface area contributed by atoms with E-state index in [1.807, 2.05) is 0 Å². The van der Waals surface area contributed by atoms with Crippen molar-refractivity contribution in [2.75, 3.05) is 11.5 Å². The average molecular weight is 310 g/mol. The molecule has 0 aliphatic rings. The van der Waals surface area contributed by atoms with Crippen LogP contribution in [0.25, 0.3) is 0 Å². The Hall–Kier alpha value is -1.66. The summed E-state index contributed by atoms with van der Waals surface area (Å²) in [5, 5.41) is 0. The summed E-state index contributed by atoms with van der Waals surface area (Å²) in [5.41, 5.74) is 0. The highest BCUT2D eigenvalue weighted by Gasteiger charge is 2.20. The fourth-order valence-electron chi connectivity index (χ4n) is 1.71. The van der Waals surface area contributed by atoms with Crippen molar-refractivity contribution < 1.29 is 16.8 Å². The van der Waals surface area contributed by atoms with Crippen molar-refractivity contribution in [2.24, 2.45) is 0 Å². The predicted octanol–water partition coefficient (Wildman–Crippen LogP) is 1.93. The molecule has 0 N–H and O–H groups in total. The Kier molecular flexibility index (Phi) is 4.25. The second kappa shape index (κ2) is 5.76. The molecule has 0 saturated carbocycles. The van der Waals surface area contributed by atoms with Gasteiger partial charge in [0.25, 0.3) is 0 Å². The smallest absolute Gasteiger partial charge is 0.179 e. The zero-order valence-corrected chi connectivity index (χ0v) is 12.3. The number of benzene rings is 2. The molecule has 6 heteroatoms. The van der Waals surface area contributed by atoms with Crippen LogP contribution >= 0.6 is 0 Å². The molecule has 2 aromatic rings. The van der Waals surface area contributed by atoms with Crippen LogP contribution in [0.4, 0.5) is 0 Å². The molecule has 0 aromatic heterocycles. The highest BCUT2D eigenvalue weighted by Crippen LogP contribution is 2.14. The zero-order valence-electron chi connectivity index (χ0n) is 10.6. The Balaban J connectivity index is 2.17. The van der Waals surface area contributed by atoms with Gasteiger partial charge in [-0.3, -0.25) is 0 Å². The van der Waals surface area contributed by atoms with E-state index in [1.54, 1.807) is 36.4 Å². The summed E-state index contributed by atoms with van der Waals surface area (Å²) in [6.07, 6.45) is 0. The molecule has 0 bridgehead atoms. The summed E-state index contributed by atoms with van der Waals surface area (Å²) >= 11 is 0. The number of rotatable bonds is 5. The van der Waals surface area contributed by atoms with Gasteiger partial charge in [-0.25, -0.2) is 16.8 Å². The minimum Gasteiger partial charge on any atom is -0.224 e. The summed E-state index contributed by atoms with van der Waals surface area (Å²) in [7, 11) is -7.16. The molecule has 106 valence electrons. The van der Waals surface area contributed by atoms with E-state index in [-0.39, 0.29) is 9.79 Å². The Morgan fingerprint density at radius 3 is 1.15 bits per heavy atom. The topological polar surface area (TPSA) is 68.3 Å². The quantitative estimate of drug-likeness (QED) is 0.846. The SMILES string of the molecule is O=S(=O)(CCS(=O)(=O)c1ccccc1)c1ccccc1. The van der Waals surface area contributed by atoms with Crippen molar-refractivity contribution in [3.63, 3.8) is 0 Å². The predicted molar refractivity (Wildman–Crippen MR) is 77.0 cm³/mol. The molecular weight excluding hydrogens is 296 g/mol. The van der Waals surface area contributed by atoms with Gasteiger partial charge in [-0.1, -0.05) is 36.4 Å². The summed E-state index contributed by atoms with van der Waals surface area (Å²) in [4.78, 5) is 0.284. The maximum Gasteiger partial charge on any atom is 0.179 e. The van der Waals surface area contributed by atoms with Crippen LogP contribution in [0.1, 0.15) is 0 Å². The molecule has 0 aliphatic heterocycles. The van der Waals surface area contributed by atoms with Crippen LogP contribution in [-0.4, -0.2) is 28.3 Å². The molecule has 2 rings (SSSR count). The van der Waals surface area contributed by atoms with Crippen LogP contribution in [-0.2, 0) is 19.7 Å². The summed E-state index contributed by atoms with van der Waals surface area (Å²) in [6, 6.07) is 15.7. The Bertz CT molecular complexity index is 695. The fourth-order valence-corrected chi connectivity index (χ4v) is 5.08. The maximum atomic E-state index is 12.0. The van der Waals surface area contributed by atoms with E-state index in [0.717, 1.165) is 0 Å². The molecule has 0 radical (unpaired) electrons. The lowest BCUT2D eigenvalue weighted by molar-refractivity contribution is 0.587. The van der Waals surface area contributed by atoms with E-state index in [1.165, 1.54) is 24.3 Å². The second-order valence-corrected chi connectivity index (χ2v) is 8.48. The third kappa shape index (κ3) is 3.46. The Morgan fingerprint density at radius 1 is 0.550 bits per heavy atom. The minimum atomic E-state index is -3.58. The van der Waals surface area contributed by atoms with Gasteiger partial charge in [0.05, 0.1) is 21.3 Å². The first-order valence-electron chi connectivity index (χ1n) is 5.97. The lowest BCUT2D eigenvalue weighted by Crippen LogP contribution is -2.17. The zero-order chi connectivity index (χ0) is 14.6. The van der Waals surface area contributed by atoms with Crippen molar-refractivity contribution in [1.29, 1.82) is 0 Å². The highest BCUT2D eigenvalue weighted by molar-refractivity contribution is 7.95. The molecule has 0 unspecified atom stereocenters. The average Bonchev–Trinajstić information content (AvgIpc) is 2.47. The molecule has 0 spiro atoms. The van der Waals surface area contributed by atoms with Gasteiger partial charge < -0.3 is 0 Å². The first kappa shape index (κ1) is 14.7. The first-order valence-corrected chi connectivity index (χ1v) is 9.28. The van der Waals surface area contributed by atoms with Crippen molar-refractivity contribution in [3.05, 3.63) is 60.7 Å². The van der Waals surface area contributed by atoms with Gasteiger partial charge >= 0.3 is 0 Å². The van der Waals surface area contributed by atoms with Gasteiger partial charge in [0, 0.05) is 0 Å². The van der Waals surface area contributed by atoms with E-state index in [0.29, 0.717) is 0 Å². The van der Waals surface area contributed by atoms with E-state index in [4.69, 9.17) is 0 Å². The van der Waals surface area contributed by atoms with Crippen LogP contribution in [0.5, 0.6) is 0 Å². The molecule has 20 heavy (non-hydrogen) atoms. The van der Waals surface area contributed by atoms with E-state index in [2.05, 4.69) is 0 Å². The Morgan fingerprint density at radius 2 is 0.850 bits per heavy atom. The number of hydrogen-bond donors (Lipinski definition) is 0. The van der Waals surface area contributed by atoms with Crippen molar-refractivity contribution in [3.8, 4) is 0 Å². The van der Waals surface area contributed by atoms with Gasteiger partial charge in [-0.2, -0.15) is 0 Å². The monoisotopic (exact) mass is 310 g/mol. The molecule has 0 amide bonds. The molecule has 0 heterocycles. The largest absolute Gasteiger partial charge is 0.224 e. The van der Waals surface area contributed by atoms with Gasteiger partial charge in [-0.15, -0.1) is 0 Å². The molecule has 0 aliphatic carbocycles. The van der Waals surface area contributed by atoms with E-state index in [9.17, 15) is 16.8 Å². The Labute approximate surface area is 118 Å².